The first-order chi connectivity index (χ1) is 8.22. The van der Waals surface area contributed by atoms with Crippen LogP contribution in [0.1, 0.15) is 25.3 Å². The van der Waals surface area contributed by atoms with Crippen LogP contribution in [0.15, 0.2) is 12.4 Å². The van der Waals surface area contributed by atoms with Gasteiger partial charge in [0.15, 0.2) is 0 Å². The van der Waals surface area contributed by atoms with Gasteiger partial charge in [-0.2, -0.15) is 5.10 Å². The molecule has 19 heavy (non-hydrogen) atoms. The van der Waals surface area contributed by atoms with Gasteiger partial charge in [-0.25, -0.2) is 0 Å². The molecule has 0 aliphatic rings. The average Bonchev–Trinajstić information content (AvgIpc) is 2.72. The van der Waals surface area contributed by atoms with Crippen LogP contribution in [0.3, 0.4) is 0 Å². The average molecular weight is 311 g/mol. The standard InChI is InChI=1S/C12H22N4O.2ClH/c1-3-6-13-7-8-14-12(17)5-4-11-9-15-16(2)10-11;;/h9-10,13H,3-8H2,1-2H3,(H,14,17);2*1H. The number of amides is 1. The van der Waals surface area contributed by atoms with Crippen molar-refractivity contribution in [3.8, 4) is 0 Å². The van der Waals surface area contributed by atoms with Crippen LogP contribution in [0.2, 0.25) is 0 Å². The number of carbonyl (C=O) groups excluding carboxylic acids is 1. The number of nitrogens with one attached hydrogen (secondary N) is 2. The summed E-state index contributed by atoms with van der Waals surface area (Å²) in [4.78, 5) is 11.5. The Morgan fingerprint density at radius 3 is 2.63 bits per heavy atom. The second-order valence-corrected chi connectivity index (χ2v) is 4.12. The highest BCUT2D eigenvalue weighted by atomic mass is 35.5. The monoisotopic (exact) mass is 310 g/mol. The summed E-state index contributed by atoms with van der Waals surface area (Å²) in [6, 6.07) is 0. The number of hydrogen-bond donors (Lipinski definition) is 2. The molecule has 2 N–H and O–H groups in total. The second kappa shape index (κ2) is 12.3. The Kier molecular flexibility index (Phi) is 13.3. The van der Waals surface area contributed by atoms with E-state index >= 15 is 0 Å². The second-order valence-electron chi connectivity index (χ2n) is 4.12. The van der Waals surface area contributed by atoms with Gasteiger partial charge in [-0.3, -0.25) is 9.48 Å². The number of carbonyl (C=O) groups is 1. The van der Waals surface area contributed by atoms with E-state index in [-0.39, 0.29) is 30.7 Å². The zero-order valence-electron chi connectivity index (χ0n) is 11.5. The molecule has 0 unspecified atom stereocenters. The van der Waals surface area contributed by atoms with Crippen LogP contribution in [-0.4, -0.2) is 35.3 Å². The Morgan fingerprint density at radius 1 is 1.32 bits per heavy atom. The number of hydrogen-bond acceptors (Lipinski definition) is 3. The highest BCUT2D eigenvalue weighted by molar-refractivity contribution is 5.85. The molecule has 0 aliphatic carbocycles. The summed E-state index contributed by atoms with van der Waals surface area (Å²) in [5, 5.41) is 10.2. The number of nitrogens with zero attached hydrogens (tertiary/aromatic N) is 2. The molecule has 1 aromatic rings. The molecule has 0 atom stereocenters. The molecule has 112 valence electrons. The van der Waals surface area contributed by atoms with E-state index in [0.717, 1.165) is 31.5 Å². The third-order valence-electron chi connectivity index (χ3n) is 2.45. The van der Waals surface area contributed by atoms with Crippen LogP contribution < -0.4 is 10.6 Å². The lowest BCUT2D eigenvalue weighted by molar-refractivity contribution is -0.121. The molecular weight excluding hydrogens is 287 g/mol. The summed E-state index contributed by atoms with van der Waals surface area (Å²) in [7, 11) is 1.88. The van der Waals surface area contributed by atoms with Crippen LogP contribution in [0.4, 0.5) is 0 Å². The van der Waals surface area contributed by atoms with Gasteiger partial charge in [0.05, 0.1) is 6.20 Å². The van der Waals surface area contributed by atoms with E-state index in [0.29, 0.717) is 13.0 Å². The quantitative estimate of drug-likeness (QED) is 0.712. The van der Waals surface area contributed by atoms with E-state index in [4.69, 9.17) is 0 Å². The van der Waals surface area contributed by atoms with E-state index in [9.17, 15) is 4.79 Å². The number of aromatic nitrogens is 2. The molecule has 0 spiro atoms. The summed E-state index contributed by atoms with van der Waals surface area (Å²) in [5.74, 6) is 0.104. The van der Waals surface area contributed by atoms with Crippen molar-refractivity contribution in [1.29, 1.82) is 0 Å². The smallest absolute Gasteiger partial charge is 0.220 e. The van der Waals surface area contributed by atoms with Crippen molar-refractivity contribution in [3.63, 3.8) is 0 Å². The minimum atomic E-state index is 0. The van der Waals surface area contributed by atoms with Crippen molar-refractivity contribution >= 4 is 30.7 Å². The molecule has 0 radical (unpaired) electrons. The Balaban J connectivity index is 0. The van der Waals surface area contributed by atoms with E-state index in [1.54, 1.807) is 10.9 Å². The van der Waals surface area contributed by atoms with E-state index in [2.05, 4.69) is 22.7 Å². The van der Waals surface area contributed by atoms with Crippen LogP contribution in [0, 0.1) is 0 Å². The fraction of sp³-hybridized carbons (Fsp3) is 0.667. The Bertz CT molecular complexity index is 344. The van der Waals surface area contributed by atoms with E-state index < -0.39 is 0 Å². The zero-order chi connectivity index (χ0) is 12.5. The van der Waals surface area contributed by atoms with Gasteiger partial charge in [-0.05, 0) is 24.9 Å². The normalized spacial score (nSPS) is 9.37. The zero-order valence-corrected chi connectivity index (χ0v) is 13.1. The van der Waals surface area contributed by atoms with Crippen molar-refractivity contribution in [1.82, 2.24) is 20.4 Å². The van der Waals surface area contributed by atoms with Gasteiger partial charge in [0.2, 0.25) is 5.91 Å². The Labute approximate surface area is 127 Å². The molecule has 1 aromatic heterocycles. The lowest BCUT2D eigenvalue weighted by atomic mass is 10.2. The molecule has 0 saturated carbocycles. The van der Waals surface area contributed by atoms with Crippen LogP contribution >= 0.6 is 24.8 Å². The first-order valence-electron chi connectivity index (χ1n) is 6.17. The van der Waals surface area contributed by atoms with Gasteiger partial charge in [0.25, 0.3) is 0 Å². The summed E-state index contributed by atoms with van der Waals surface area (Å²) in [6.07, 6.45) is 6.14. The lowest BCUT2D eigenvalue weighted by Gasteiger charge is -2.05. The molecule has 1 amide bonds. The maximum Gasteiger partial charge on any atom is 0.220 e. The SMILES string of the molecule is CCCNCCNC(=O)CCc1cnn(C)c1.Cl.Cl. The first kappa shape index (κ1) is 20.5. The molecule has 0 aromatic carbocycles. The van der Waals surface area contributed by atoms with Gasteiger partial charge in [0.1, 0.15) is 0 Å². The van der Waals surface area contributed by atoms with Gasteiger partial charge < -0.3 is 10.6 Å². The first-order valence-corrected chi connectivity index (χ1v) is 6.17. The number of rotatable bonds is 8. The Hall–Kier alpha value is -0.780. The van der Waals surface area contributed by atoms with Crippen molar-refractivity contribution in [2.45, 2.75) is 26.2 Å². The number of halogens is 2. The molecule has 7 heteroatoms. The highest BCUT2D eigenvalue weighted by Crippen LogP contribution is 2.00. The molecule has 1 rings (SSSR count). The van der Waals surface area contributed by atoms with Crippen molar-refractivity contribution < 1.29 is 4.79 Å². The van der Waals surface area contributed by atoms with Crippen LogP contribution in [0.25, 0.3) is 0 Å². The van der Waals surface area contributed by atoms with Crippen LogP contribution in [0.5, 0.6) is 0 Å². The third-order valence-corrected chi connectivity index (χ3v) is 2.45. The molecule has 0 saturated heterocycles. The lowest BCUT2D eigenvalue weighted by Crippen LogP contribution is -2.32. The summed E-state index contributed by atoms with van der Waals surface area (Å²) in [6.45, 7) is 4.67. The van der Waals surface area contributed by atoms with Gasteiger partial charge in [-0.1, -0.05) is 6.92 Å². The number of aryl methyl sites for hydroxylation is 2. The fourth-order valence-corrected chi connectivity index (χ4v) is 1.54. The molecule has 1 heterocycles. The summed E-state index contributed by atoms with van der Waals surface area (Å²) in [5.41, 5.74) is 1.10. The molecule has 5 nitrogen and oxygen atoms in total. The minimum absolute atomic E-state index is 0. The van der Waals surface area contributed by atoms with Crippen molar-refractivity contribution in [3.05, 3.63) is 18.0 Å². The summed E-state index contributed by atoms with van der Waals surface area (Å²) < 4.78 is 1.75. The third kappa shape index (κ3) is 9.76. The van der Waals surface area contributed by atoms with Crippen molar-refractivity contribution in [2.75, 3.05) is 19.6 Å². The van der Waals surface area contributed by atoms with E-state index in [1.807, 2.05) is 13.2 Å². The minimum Gasteiger partial charge on any atom is -0.355 e. The summed E-state index contributed by atoms with van der Waals surface area (Å²) >= 11 is 0. The predicted molar refractivity (Wildman–Crippen MR) is 82.2 cm³/mol. The highest BCUT2D eigenvalue weighted by Gasteiger charge is 2.02. The largest absolute Gasteiger partial charge is 0.355 e. The van der Waals surface area contributed by atoms with E-state index in [1.165, 1.54) is 0 Å². The topological polar surface area (TPSA) is 58.9 Å². The molecule has 0 bridgehead atoms. The van der Waals surface area contributed by atoms with Crippen LogP contribution in [-0.2, 0) is 18.3 Å². The Morgan fingerprint density at radius 2 is 2.05 bits per heavy atom. The molecule has 0 aliphatic heterocycles. The fourth-order valence-electron chi connectivity index (χ4n) is 1.54. The molecule has 0 fully saturated rings. The van der Waals surface area contributed by atoms with Gasteiger partial charge in [-0.15, -0.1) is 24.8 Å². The predicted octanol–water partition coefficient (Wildman–Crippen LogP) is 1.31. The van der Waals surface area contributed by atoms with Gasteiger partial charge in [0, 0.05) is 32.8 Å². The van der Waals surface area contributed by atoms with Gasteiger partial charge >= 0.3 is 0 Å². The molecular formula is C12H24Cl2N4O. The maximum absolute atomic E-state index is 11.5. The van der Waals surface area contributed by atoms with Crippen molar-refractivity contribution in [2.24, 2.45) is 7.05 Å². The maximum atomic E-state index is 11.5.